The highest BCUT2D eigenvalue weighted by molar-refractivity contribution is 8.00. The number of hydrogen-bond acceptors (Lipinski definition) is 5. The number of para-hydroxylation sites is 2. The number of nitrogens with two attached hydrogens (primary N) is 1. The number of thioether (sulfide) groups is 1. The number of primary amides is 1. The molecule has 2 amide bonds. The number of anilines is 1. The second kappa shape index (κ2) is 9.47. The smallest absolute Gasteiger partial charge is 0.248 e. The van der Waals surface area contributed by atoms with Crippen molar-refractivity contribution < 1.29 is 9.59 Å². The van der Waals surface area contributed by atoms with Crippen LogP contribution in [0.3, 0.4) is 0 Å². The molecule has 0 bridgehead atoms. The average Bonchev–Trinajstić information content (AvgIpc) is 3.48. The largest absolute Gasteiger partial charge is 0.366 e. The van der Waals surface area contributed by atoms with E-state index in [4.69, 9.17) is 5.73 Å². The van der Waals surface area contributed by atoms with Crippen molar-refractivity contribution in [2.45, 2.75) is 17.3 Å². The summed E-state index contributed by atoms with van der Waals surface area (Å²) in [7, 11) is 0. The number of amides is 2. The minimum absolute atomic E-state index is 0.196. The summed E-state index contributed by atoms with van der Waals surface area (Å²) >= 11 is 1.32. The minimum Gasteiger partial charge on any atom is -0.366 e. The van der Waals surface area contributed by atoms with Crippen LogP contribution in [0, 0.1) is 0 Å². The number of nitrogens with one attached hydrogen (secondary N) is 2. The van der Waals surface area contributed by atoms with E-state index >= 15 is 0 Å². The monoisotopic (exact) mass is 482 g/mol. The maximum atomic E-state index is 12.9. The molecule has 0 aliphatic rings. The van der Waals surface area contributed by atoms with Gasteiger partial charge in [0.1, 0.15) is 0 Å². The van der Waals surface area contributed by atoms with Gasteiger partial charge in [-0.2, -0.15) is 0 Å². The Balaban J connectivity index is 1.44. The van der Waals surface area contributed by atoms with E-state index in [2.05, 4.69) is 20.5 Å². The Kier molecular flexibility index (Phi) is 6.07. The van der Waals surface area contributed by atoms with Gasteiger partial charge in [0, 0.05) is 39.6 Å². The van der Waals surface area contributed by atoms with Crippen molar-refractivity contribution in [1.82, 2.24) is 19.7 Å². The molecule has 1 atom stereocenters. The van der Waals surface area contributed by atoms with Gasteiger partial charge < -0.3 is 16.0 Å². The molecule has 35 heavy (non-hydrogen) atoms. The number of fused-ring (bicyclic) bond motifs is 1. The molecule has 0 saturated heterocycles. The molecule has 0 spiro atoms. The second-order valence-corrected chi connectivity index (χ2v) is 9.22. The number of benzene rings is 3. The highest BCUT2D eigenvalue weighted by atomic mass is 32.2. The third kappa shape index (κ3) is 4.53. The van der Waals surface area contributed by atoms with Crippen molar-refractivity contribution in [2.75, 3.05) is 5.32 Å². The fourth-order valence-corrected chi connectivity index (χ4v) is 4.63. The van der Waals surface area contributed by atoms with Crippen LogP contribution in [0.2, 0.25) is 0 Å². The van der Waals surface area contributed by atoms with Gasteiger partial charge in [0.25, 0.3) is 0 Å². The number of H-pyrrole nitrogens is 1. The summed E-state index contributed by atoms with van der Waals surface area (Å²) < 4.78 is 1.96. The van der Waals surface area contributed by atoms with Crippen LogP contribution in [0.4, 0.5) is 5.69 Å². The first kappa shape index (κ1) is 22.4. The van der Waals surface area contributed by atoms with Crippen LogP contribution in [0.25, 0.3) is 28.0 Å². The van der Waals surface area contributed by atoms with Gasteiger partial charge in [0.15, 0.2) is 11.0 Å². The Labute approximate surface area is 205 Å². The molecule has 5 rings (SSSR count). The van der Waals surface area contributed by atoms with Gasteiger partial charge in [0.2, 0.25) is 11.8 Å². The van der Waals surface area contributed by atoms with Gasteiger partial charge in [-0.05, 0) is 49.4 Å². The third-order valence-corrected chi connectivity index (χ3v) is 6.61. The van der Waals surface area contributed by atoms with Gasteiger partial charge in [-0.1, -0.05) is 48.2 Å². The Morgan fingerprint density at radius 3 is 2.43 bits per heavy atom. The van der Waals surface area contributed by atoms with Crippen LogP contribution in [0.15, 0.2) is 90.2 Å². The van der Waals surface area contributed by atoms with Gasteiger partial charge in [-0.3, -0.25) is 14.2 Å². The lowest BCUT2D eigenvalue weighted by Gasteiger charge is -2.14. The van der Waals surface area contributed by atoms with Crippen LogP contribution < -0.4 is 11.1 Å². The van der Waals surface area contributed by atoms with Crippen molar-refractivity contribution in [1.29, 1.82) is 0 Å². The fraction of sp³-hybridized carbons (Fsp3) is 0.0769. The number of carbonyl (C=O) groups excluding carboxylic acids is 2. The van der Waals surface area contributed by atoms with Gasteiger partial charge >= 0.3 is 0 Å². The lowest BCUT2D eigenvalue weighted by Crippen LogP contribution is -2.23. The number of aromatic nitrogens is 4. The van der Waals surface area contributed by atoms with Gasteiger partial charge in [-0.15, -0.1) is 10.2 Å². The second-order valence-electron chi connectivity index (χ2n) is 7.92. The third-order valence-electron chi connectivity index (χ3n) is 5.57. The minimum atomic E-state index is -0.516. The molecule has 8 nitrogen and oxygen atoms in total. The molecule has 0 fully saturated rings. The topological polar surface area (TPSA) is 119 Å². The summed E-state index contributed by atoms with van der Waals surface area (Å²) in [4.78, 5) is 27.5. The highest BCUT2D eigenvalue weighted by Crippen LogP contribution is 2.33. The molecular weight excluding hydrogens is 460 g/mol. The summed E-state index contributed by atoms with van der Waals surface area (Å²) in [5, 5.41) is 13.0. The maximum absolute atomic E-state index is 12.9. The zero-order valence-corrected chi connectivity index (χ0v) is 19.6. The molecule has 9 heteroatoms. The SMILES string of the molecule is CC(Sc1nnc(-c2c[nH]c3ccccc23)n1-c1ccccc1)C(=O)Nc1ccc(C(N)=O)cc1. The zero-order valence-electron chi connectivity index (χ0n) is 18.8. The Morgan fingerprint density at radius 1 is 0.971 bits per heavy atom. The lowest BCUT2D eigenvalue weighted by molar-refractivity contribution is -0.115. The molecule has 2 aromatic heterocycles. The lowest BCUT2D eigenvalue weighted by atomic mass is 10.1. The number of hydrogen-bond donors (Lipinski definition) is 3. The number of carbonyl (C=O) groups is 2. The summed E-state index contributed by atoms with van der Waals surface area (Å²) in [5.41, 5.74) is 9.08. The van der Waals surface area contributed by atoms with Crippen LogP contribution in [-0.4, -0.2) is 36.8 Å². The van der Waals surface area contributed by atoms with Crippen LogP contribution >= 0.6 is 11.8 Å². The van der Waals surface area contributed by atoms with Crippen LogP contribution in [0.5, 0.6) is 0 Å². The maximum Gasteiger partial charge on any atom is 0.248 e. The molecule has 4 N–H and O–H groups in total. The number of rotatable bonds is 7. The van der Waals surface area contributed by atoms with E-state index in [-0.39, 0.29) is 5.91 Å². The molecule has 0 radical (unpaired) electrons. The summed E-state index contributed by atoms with van der Waals surface area (Å²) in [6.45, 7) is 1.81. The molecular formula is C26H22N6O2S. The predicted molar refractivity (Wildman–Crippen MR) is 138 cm³/mol. The van der Waals surface area contributed by atoms with Gasteiger partial charge in [-0.25, -0.2) is 0 Å². The summed E-state index contributed by atoms with van der Waals surface area (Å²) in [6, 6.07) is 24.3. The first-order valence-corrected chi connectivity index (χ1v) is 11.8. The normalized spacial score (nSPS) is 11.9. The molecule has 2 heterocycles. The van der Waals surface area contributed by atoms with E-state index in [0.29, 0.717) is 22.2 Å². The van der Waals surface area contributed by atoms with Crippen molar-refractivity contribution in [3.63, 3.8) is 0 Å². The zero-order chi connectivity index (χ0) is 24.4. The Bertz CT molecular complexity index is 1510. The number of aromatic amines is 1. The van der Waals surface area contributed by atoms with E-state index in [9.17, 15) is 9.59 Å². The van der Waals surface area contributed by atoms with E-state index in [1.807, 2.05) is 72.3 Å². The van der Waals surface area contributed by atoms with Crippen molar-refractivity contribution in [2.24, 2.45) is 5.73 Å². The number of nitrogens with zero attached hydrogens (tertiary/aromatic N) is 3. The van der Waals surface area contributed by atoms with Crippen molar-refractivity contribution in [3.05, 3.63) is 90.6 Å². The standard InChI is InChI=1S/C26H22N6O2S/c1-16(25(34)29-18-13-11-17(12-14-18)23(27)33)35-26-31-30-24(32(26)19-7-3-2-4-8-19)21-15-28-22-10-6-5-9-20(21)22/h2-16,28H,1H3,(H2,27,33)(H,29,34). The quantitative estimate of drug-likeness (QED) is 0.292. The van der Waals surface area contributed by atoms with E-state index in [1.165, 1.54) is 11.8 Å². The molecule has 0 aliphatic heterocycles. The summed E-state index contributed by atoms with van der Waals surface area (Å²) in [6.07, 6.45) is 1.93. The van der Waals surface area contributed by atoms with Crippen LogP contribution in [-0.2, 0) is 4.79 Å². The summed E-state index contributed by atoms with van der Waals surface area (Å²) in [5.74, 6) is -0.0260. The first-order chi connectivity index (χ1) is 17.0. The highest BCUT2D eigenvalue weighted by Gasteiger charge is 2.23. The molecule has 0 saturated carbocycles. The average molecular weight is 483 g/mol. The van der Waals surface area contributed by atoms with E-state index in [0.717, 1.165) is 22.2 Å². The Morgan fingerprint density at radius 2 is 1.69 bits per heavy atom. The van der Waals surface area contributed by atoms with Crippen LogP contribution in [0.1, 0.15) is 17.3 Å². The van der Waals surface area contributed by atoms with Crippen molar-refractivity contribution >= 4 is 40.2 Å². The predicted octanol–water partition coefficient (Wildman–Crippen LogP) is 4.63. The van der Waals surface area contributed by atoms with E-state index < -0.39 is 11.2 Å². The fourth-order valence-electron chi connectivity index (χ4n) is 3.76. The first-order valence-electron chi connectivity index (χ1n) is 11.0. The van der Waals surface area contributed by atoms with Gasteiger partial charge in [0.05, 0.1) is 5.25 Å². The molecule has 0 aliphatic carbocycles. The molecule has 3 aromatic carbocycles. The Hall–Kier alpha value is -4.37. The van der Waals surface area contributed by atoms with E-state index in [1.54, 1.807) is 24.3 Å². The molecule has 174 valence electrons. The molecule has 1 unspecified atom stereocenters. The molecule has 5 aromatic rings. The van der Waals surface area contributed by atoms with Crippen molar-refractivity contribution in [3.8, 4) is 17.1 Å².